The molecule has 6 heteroatoms. The van der Waals surface area contributed by atoms with Crippen molar-refractivity contribution in [3.63, 3.8) is 0 Å². The van der Waals surface area contributed by atoms with Crippen molar-refractivity contribution < 1.29 is 0 Å². The van der Waals surface area contributed by atoms with Gasteiger partial charge in [-0.1, -0.05) is 23.2 Å². The number of thioether (sulfide) groups is 1. The Morgan fingerprint density at radius 3 is 2.61 bits per heavy atom. The lowest BCUT2D eigenvalue weighted by molar-refractivity contribution is 0.487. The van der Waals surface area contributed by atoms with E-state index in [2.05, 4.69) is 9.55 Å². The summed E-state index contributed by atoms with van der Waals surface area (Å²) in [7, 11) is 0. The number of hydrogen-bond donors (Lipinski definition) is 1. The Kier molecular flexibility index (Phi) is 3.34. The summed E-state index contributed by atoms with van der Waals surface area (Å²) in [4.78, 5) is 4.38. The molecule has 2 N–H and O–H groups in total. The zero-order valence-corrected chi connectivity index (χ0v) is 12.0. The molecule has 1 aromatic carbocycles. The quantitative estimate of drug-likeness (QED) is 0.866. The second-order valence-corrected chi connectivity index (χ2v) is 6.48. The van der Waals surface area contributed by atoms with Crippen LogP contribution in [0.3, 0.4) is 0 Å². The van der Waals surface area contributed by atoms with Gasteiger partial charge in [0.15, 0.2) is 0 Å². The van der Waals surface area contributed by atoms with Crippen molar-refractivity contribution in [2.45, 2.75) is 18.9 Å². The highest BCUT2D eigenvalue weighted by Crippen LogP contribution is 2.35. The zero-order valence-electron chi connectivity index (χ0n) is 9.70. The van der Waals surface area contributed by atoms with E-state index in [1.165, 1.54) is 11.5 Å². The third kappa shape index (κ3) is 2.06. The van der Waals surface area contributed by atoms with Gasteiger partial charge in [-0.3, -0.25) is 0 Å². The molecule has 3 nitrogen and oxygen atoms in total. The summed E-state index contributed by atoms with van der Waals surface area (Å²) in [5.74, 6) is 2.90. The number of rotatable bonds is 1. The van der Waals surface area contributed by atoms with Crippen molar-refractivity contribution in [1.29, 1.82) is 0 Å². The maximum absolute atomic E-state index is 6.09. The van der Waals surface area contributed by atoms with Gasteiger partial charge >= 0.3 is 0 Å². The zero-order chi connectivity index (χ0) is 12.7. The van der Waals surface area contributed by atoms with Crippen LogP contribution in [0.2, 0.25) is 10.0 Å². The first-order chi connectivity index (χ1) is 8.66. The predicted octanol–water partition coefficient (Wildman–Crippen LogP) is 3.99. The molecule has 2 heterocycles. The van der Waals surface area contributed by atoms with E-state index in [0.29, 0.717) is 22.0 Å². The molecule has 18 heavy (non-hydrogen) atoms. The van der Waals surface area contributed by atoms with E-state index in [-0.39, 0.29) is 0 Å². The minimum Gasteiger partial charge on any atom is -0.369 e. The van der Waals surface area contributed by atoms with E-state index in [4.69, 9.17) is 28.9 Å². The summed E-state index contributed by atoms with van der Waals surface area (Å²) in [6.45, 7) is 0. The summed E-state index contributed by atoms with van der Waals surface area (Å²) in [5.41, 5.74) is 7.85. The van der Waals surface area contributed by atoms with Crippen LogP contribution in [0.4, 0.5) is 5.95 Å². The number of anilines is 1. The Bertz CT molecular complexity index is 591. The van der Waals surface area contributed by atoms with E-state index >= 15 is 0 Å². The van der Waals surface area contributed by atoms with Crippen LogP contribution in [0.15, 0.2) is 12.1 Å². The number of aromatic nitrogens is 2. The van der Waals surface area contributed by atoms with Crippen LogP contribution in [0.1, 0.15) is 18.9 Å². The molecule has 0 aliphatic carbocycles. The molecule has 2 aromatic rings. The number of halogens is 2. The summed E-state index contributed by atoms with van der Waals surface area (Å²) in [5, 5.41) is 1.07. The van der Waals surface area contributed by atoms with Gasteiger partial charge in [0.1, 0.15) is 0 Å². The Labute approximate surface area is 120 Å². The molecule has 96 valence electrons. The van der Waals surface area contributed by atoms with Gasteiger partial charge in [-0.2, -0.15) is 11.8 Å². The Balaban J connectivity index is 2.15. The fraction of sp³-hybridized carbons (Fsp3) is 0.417. The molecule has 1 aliphatic rings. The van der Waals surface area contributed by atoms with Crippen molar-refractivity contribution in [1.82, 2.24) is 9.55 Å². The van der Waals surface area contributed by atoms with Crippen LogP contribution in [0, 0.1) is 0 Å². The summed E-state index contributed by atoms with van der Waals surface area (Å²) < 4.78 is 2.11. The van der Waals surface area contributed by atoms with Gasteiger partial charge in [0.25, 0.3) is 0 Å². The lowest BCUT2D eigenvalue weighted by Gasteiger charge is -2.24. The van der Waals surface area contributed by atoms with Gasteiger partial charge in [-0.15, -0.1) is 0 Å². The molecular weight excluding hydrogens is 289 g/mol. The molecule has 1 aromatic heterocycles. The van der Waals surface area contributed by atoms with Gasteiger partial charge in [0.2, 0.25) is 5.95 Å². The molecular formula is C12H13Cl2N3S. The SMILES string of the molecule is Nc1nc2cc(Cl)c(Cl)cc2n1C1CCSCC1. The van der Waals surface area contributed by atoms with Crippen LogP contribution in [-0.4, -0.2) is 21.1 Å². The third-order valence-electron chi connectivity index (χ3n) is 3.31. The molecule has 0 amide bonds. The topological polar surface area (TPSA) is 43.8 Å². The Morgan fingerprint density at radius 2 is 1.89 bits per heavy atom. The van der Waals surface area contributed by atoms with Gasteiger partial charge in [0, 0.05) is 6.04 Å². The summed E-state index contributed by atoms with van der Waals surface area (Å²) in [6.07, 6.45) is 2.25. The van der Waals surface area contributed by atoms with E-state index in [1.54, 1.807) is 6.07 Å². The lowest BCUT2D eigenvalue weighted by atomic mass is 10.1. The third-order valence-corrected chi connectivity index (χ3v) is 5.09. The molecule has 0 saturated carbocycles. The molecule has 0 radical (unpaired) electrons. The summed E-state index contributed by atoms with van der Waals surface area (Å²) >= 11 is 14.1. The Morgan fingerprint density at radius 1 is 1.22 bits per heavy atom. The van der Waals surface area contributed by atoms with Crippen LogP contribution < -0.4 is 5.73 Å². The van der Waals surface area contributed by atoms with Crippen molar-refractivity contribution >= 4 is 51.9 Å². The van der Waals surface area contributed by atoms with Gasteiger partial charge in [0.05, 0.1) is 21.1 Å². The molecule has 1 fully saturated rings. The molecule has 3 rings (SSSR count). The largest absolute Gasteiger partial charge is 0.369 e. The molecule has 0 atom stereocenters. The highest BCUT2D eigenvalue weighted by atomic mass is 35.5. The molecule has 1 saturated heterocycles. The van der Waals surface area contributed by atoms with Crippen LogP contribution in [0.5, 0.6) is 0 Å². The first-order valence-electron chi connectivity index (χ1n) is 5.87. The highest BCUT2D eigenvalue weighted by molar-refractivity contribution is 7.99. The molecule has 0 bridgehead atoms. The highest BCUT2D eigenvalue weighted by Gasteiger charge is 2.21. The summed E-state index contributed by atoms with van der Waals surface area (Å²) in [6, 6.07) is 4.07. The smallest absolute Gasteiger partial charge is 0.201 e. The van der Waals surface area contributed by atoms with E-state index < -0.39 is 0 Å². The van der Waals surface area contributed by atoms with E-state index in [0.717, 1.165) is 23.9 Å². The number of nitrogen functional groups attached to an aromatic ring is 1. The maximum Gasteiger partial charge on any atom is 0.201 e. The van der Waals surface area contributed by atoms with Gasteiger partial charge in [-0.25, -0.2) is 4.98 Å². The van der Waals surface area contributed by atoms with Crippen LogP contribution in [0.25, 0.3) is 11.0 Å². The molecule has 0 unspecified atom stereocenters. The fourth-order valence-electron chi connectivity index (χ4n) is 2.44. The normalized spacial score (nSPS) is 17.4. The number of imidazole rings is 1. The van der Waals surface area contributed by atoms with Gasteiger partial charge < -0.3 is 10.3 Å². The minimum absolute atomic E-state index is 0.425. The second kappa shape index (κ2) is 4.83. The average Bonchev–Trinajstić information content (AvgIpc) is 2.66. The van der Waals surface area contributed by atoms with Crippen molar-refractivity contribution in [2.24, 2.45) is 0 Å². The number of hydrogen-bond acceptors (Lipinski definition) is 3. The number of nitrogens with two attached hydrogens (primary N) is 1. The minimum atomic E-state index is 0.425. The van der Waals surface area contributed by atoms with E-state index in [1.807, 2.05) is 17.8 Å². The number of nitrogens with zero attached hydrogens (tertiary/aromatic N) is 2. The molecule has 0 spiro atoms. The van der Waals surface area contributed by atoms with Crippen molar-refractivity contribution in [3.8, 4) is 0 Å². The fourth-order valence-corrected chi connectivity index (χ4v) is 3.83. The first kappa shape index (κ1) is 12.5. The van der Waals surface area contributed by atoms with E-state index in [9.17, 15) is 0 Å². The Hall–Kier alpha value is -0.580. The van der Waals surface area contributed by atoms with Crippen molar-refractivity contribution in [2.75, 3.05) is 17.2 Å². The number of fused-ring (bicyclic) bond motifs is 1. The predicted molar refractivity (Wildman–Crippen MR) is 79.8 cm³/mol. The average molecular weight is 302 g/mol. The van der Waals surface area contributed by atoms with Crippen LogP contribution >= 0.6 is 35.0 Å². The first-order valence-corrected chi connectivity index (χ1v) is 7.78. The maximum atomic E-state index is 6.09. The molecule has 1 aliphatic heterocycles. The van der Waals surface area contributed by atoms with Crippen molar-refractivity contribution in [3.05, 3.63) is 22.2 Å². The monoisotopic (exact) mass is 301 g/mol. The standard InChI is InChI=1S/C12H13Cl2N3S/c13-8-5-10-11(6-9(8)14)17(12(15)16-10)7-1-3-18-4-2-7/h5-7H,1-4H2,(H2,15,16). The number of benzene rings is 1. The van der Waals surface area contributed by atoms with Crippen LogP contribution in [-0.2, 0) is 0 Å². The van der Waals surface area contributed by atoms with Gasteiger partial charge in [-0.05, 0) is 36.5 Å². The second-order valence-electron chi connectivity index (χ2n) is 4.44. The lowest BCUT2D eigenvalue weighted by Crippen LogP contribution is -2.17.